The normalized spacial score (nSPS) is 11.4. The zero-order chi connectivity index (χ0) is 24.0. The molecule has 0 aromatic carbocycles. The molecule has 0 rings (SSSR count). The Morgan fingerprint density at radius 2 is 1.17 bits per heavy atom. The van der Waals surface area contributed by atoms with Crippen molar-refractivity contribution in [2.75, 3.05) is 52.6 Å². The maximum atomic E-state index is 10.8. The molecule has 0 spiro atoms. The lowest BCUT2D eigenvalue weighted by molar-refractivity contribution is -0.148. The molecule has 180 valence electrons. The van der Waals surface area contributed by atoms with Crippen molar-refractivity contribution in [1.29, 1.82) is 0 Å². The number of aliphatic carboxylic acids is 2. The van der Waals surface area contributed by atoms with E-state index < -0.39 is 17.9 Å². The molecule has 0 aliphatic rings. The molecule has 0 aliphatic heterocycles. The highest BCUT2D eigenvalue weighted by atomic mass is 16.4. The maximum Gasteiger partial charge on any atom is 0.307 e. The molecule has 8 N–H and O–H groups in total. The predicted molar refractivity (Wildman–Crippen MR) is 115 cm³/mol. The number of hydrogen-bond acceptors (Lipinski definition) is 8. The van der Waals surface area contributed by atoms with Gasteiger partial charge in [-0.3, -0.25) is 9.59 Å². The fourth-order valence-electron chi connectivity index (χ4n) is 2.19. The summed E-state index contributed by atoms with van der Waals surface area (Å²) in [7, 11) is 0. The van der Waals surface area contributed by atoms with Crippen molar-refractivity contribution in [3.8, 4) is 0 Å². The van der Waals surface area contributed by atoms with Gasteiger partial charge < -0.3 is 41.3 Å². The molecule has 0 heterocycles. The van der Waals surface area contributed by atoms with E-state index in [1.54, 1.807) is 0 Å². The van der Waals surface area contributed by atoms with E-state index in [0.29, 0.717) is 32.6 Å². The fraction of sp³-hybridized carbons (Fsp3) is 0.800. The lowest BCUT2D eigenvalue weighted by atomic mass is 9.84. The number of rotatable bonds is 14. The third kappa shape index (κ3) is 31.1. The highest BCUT2D eigenvalue weighted by Crippen LogP contribution is 2.27. The van der Waals surface area contributed by atoms with Gasteiger partial charge in [0.15, 0.2) is 0 Å². The monoisotopic (exact) mass is 438 g/mol. The molecule has 10 heteroatoms. The lowest BCUT2D eigenvalue weighted by Crippen LogP contribution is -2.21. The summed E-state index contributed by atoms with van der Waals surface area (Å²) in [5.41, 5.74) is 0.838. The lowest BCUT2D eigenvalue weighted by Gasteiger charge is -2.21. The number of carboxylic acids is 2. The summed E-state index contributed by atoms with van der Waals surface area (Å²) in [6.45, 7) is 12.7. The largest absolute Gasteiger partial charge is 0.481 e. The first-order chi connectivity index (χ1) is 13.9. The van der Waals surface area contributed by atoms with Crippen molar-refractivity contribution in [3.05, 3.63) is 12.2 Å². The minimum absolute atomic E-state index is 0.0450. The third-order valence-corrected chi connectivity index (χ3v) is 3.24. The summed E-state index contributed by atoms with van der Waals surface area (Å²) in [5.74, 6) is -3.03. The van der Waals surface area contributed by atoms with Crippen LogP contribution < -0.4 is 10.6 Å². The molecule has 0 aliphatic carbocycles. The fourth-order valence-corrected chi connectivity index (χ4v) is 2.19. The van der Waals surface area contributed by atoms with Crippen LogP contribution in [0.3, 0.4) is 0 Å². The average molecular weight is 439 g/mol. The zero-order valence-corrected chi connectivity index (χ0v) is 18.6. The van der Waals surface area contributed by atoms with E-state index in [0.717, 1.165) is 5.57 Å². The standard InChI is InChI=1S/C12H20O4.2C4H11NO2/c1-8(7-12(2,3)4)5-9(11(15)16)6-10(13)14;2*6-3-1-5-2-4-7/h9H,1,5-7H2,2-4H3,(H,13,14)(H,15,16);2*5-7H,1-4H2. The second-order valence-electron chi connectivity index (χ2n) is 7.72. The quantitative estimate of drug-likeness (QED) is 0.132. The Bertz CT molecular complexity index is 421. The van der Waals surface area contributed by atoms with Crippen LogP contribution in [-0.2, 0) is 9.59 Å². The predicted octanol–water partition coefficient (Wildman–Crippen LogP) is -0.334. The van der Waals surface area contributed by atoms with Crippen LogP contribution in [0.5, 0.6) is 0 Å². The molecule has 1 unspecified atom stereocenters. The van der Waals surface area contributed by atoms with Crippen LogP contribution in [0, 0.1) is 11.3 Å². The molecular formula is C20H42N2O8. The number of aliphatic hydroxyl groups is 4. The van der Waals surface area contributed by atoms with E-state index in [1.165, 1.54) is 0 Å². The van der Waals surface area contributed by atoms with Crippen LogP contribution in [0.25, 0.3) is 0 Å². The van der Waals surface area contributed by atoms with Gasteiger partial charge in [0, 0.05) is 26.2 Å². The number of carbonyl (C=O) groups is 2. The minimum Gasteiger partial charge on any atom is -0.481 e. The molecule has 1 atom stereocenters. The van der Waals surface area contributed by atoms with Gasteiger partial charge in [0.05, 0.1) is 38.8 Å². The molecule has 0 fully saturated rings. The van der Waals surface area contributed by atoms with E-state index in [1.807, 2.05) is 20.8 Å². The Kier molecular flexibility index (Phi) is 24.4. The maximum absolute atomic E-state index is 10.8. The van der Waals surface area contributed by atoms with Crippen molar-refractivity contribution >= 4 is 11.9 Å². The van der Waals surface area contributed by atoms with Crippen molar-refractivity contribution in [2.45, 2.75) is 40.0 Å². The van der Waals surface area contributed by atoms with Crippen LogP contribution in [-0.4, -0.2) is 95.2 Å². The third-order valence-electron chi connectivity index (χ3n) is 3.24. The molecule has 0 bridgehead atoms. The first kappa shape index (κ1) is 33.1. The Balaban J connectivity index is -0.000000430. The van der Waals surface area contributed by atoms with E-state index in [4.69, 9.17) is 30.6 Å². The van der Waals surface area contributed by atoms with E-state index in [9.17, 15) is 9.59 Å². The summed E-state index contributed by atoms with van der Waals surface area (Å²) in [5, 5.41) is 55.6. The number of hydrogen-bond donors (Lipinski definition) is 8. The first-order valence-electron chi connectivity index (χ1n) is 9.91. The van der Waals surface area contributed by atoms with Gasteiger partial charge in [-0.25, -0.2) is 0 Å². The van der Waals surface area contributed by atoms with Crippen LogP contribution >= 0.6 is 0 Å². The summed E-state index contributed by atoms with van der Waals surface area (Å²) in [6, 6.07) is 0. The topological polar surface area (TPSA) is 180 Å². The number of aliphatic hydroxyl groups excluding tert-OH is 4. The van der Waals surface area contributed by atoms with E-state index >= 15 is 0 Å². The highest BCUT2D eigenvalue weighted by Gasteiger charge is 2.23. The Morgan fingerprint density at radius 3 is 1.40 bits per heavy atom. The van der Waals surface area contributed by atoms with Crippen LogP contribution in [0.4, 0.5) is 0 Å². The smallest absolute Gasteiger partial charge is 0.307 e. The van der Waals surface area contributed by atoms with Gasteiger partial charge in [-0.15, -0.1) is 0 Å². The molecule has 0 saturated carbocycles. The Morgan fingerprint density at radius 1 is 0.800 bits per heavy atom. The van der Waals surface area contributed by atoms with Crippen molar-refractivity contribution in [2.24, 2.45) is 11.3 Å². The zero-order valence-electron chi connectivity index (χ0n) is 18.6. The summed E-state index contributed by atoms with van der Waals surface area (Å²) < 4.78 is 0. The Labute approximate surface area is 179 Å². The summed E-state index contributed by atoms with van der Waals surface area (Å²) in [4.78, 5) is 21.3. The molecule has 0 radical (unpaired) electrons. The van der Waals surface area contributed by atoms with Crippen molar-refractivity contribution in [3.63, 3.8) is 0 Å². The summed E-state index contributed by atoms with van der Waals surface area (Å²) >= 11 is 0. The van der Waals surface area contributed by atoms with Gasteiger partial charge in [0.1, 0.15) is 0 Å². The van der Waals surface area contributed by atoms with Crippen LogP contribution in [0.15, 0.2) is 12.2 Å². The SMILES string of the molecule is C=C(CC(CC(=O)O)C(=O)O)CC(C)(C)C.OCCNCCO.OCCNCCO. The van der Waals surface area contributed by atoms with Gasteiger partial charge in [0.2, 0.25) is 0 Å². The molecule has 0 aromatic rings. The first-order valence-corrected chi connectivity index (χ1v) is 9.91. The van der Waals surface area contributed by atoms with Gasteiger partial charge in [-0.05, 0) is 18.3 Å². The van der Waals surface area contributed by atoms with Gasteiger partial charge in [-0.1, -0.05) is 32.9 Å². The highest BCUT2D eigenvalue weighted by molar-refractivity contribution is 5.77. The van der Waals surface area contributed by atoms with Gasteiger partial charge in [-0.2, -0.15) is 0 Å². The van der Waals surface area contributed by atoms with Crippen molar-refractivity contribution < 1.29 is 40.2 Å². The van der Waals surface area contributed by atoms with Crippen molar-refractivity contribution in [1.82, 2.24) is 10.6 Å². The van der Waals surface area contributed by atoms with Crippen LogP contribution in [0.1, 0.15) is 40.0 Å². The number of carboxylic acid groups (broad SMARTS) is 2. The second kappa shape index (κ2) is 22.1. The average Bonchev–Trinajstić information content (AvgIpc) is 2.61. The number of nitrogens with one attached hydrogen (secondary N) is 2. The van der Waals surface area contributed by atoms with E-state index in [-0.39, 0.29) is 44.7 Å². The summed E-state index contributed by atoms with van der Waals surface area (Å²) in [6.07, 6.45) is 0.591. The van der Waals surface area contributed by atoms with E-state index in [2.05, 4.69) is 17.2 Å². The van der Waals surface area contributed by atoms with Gasteiger partial charge in [0.25, 0.3) is 0 Å². The van der Waals surface area contributed by atoms with Crippen LogP contribution in [0.2, 0.25) is 0 Å². The molecular weight excluding hydrogens is 396 g/mol. The molecule has 0 saturated heterocycles. The molecule has 30 heavy (non-hydrogen) atoms. The second-order valence-corrected chi connectivity index (χ2v) is 7.72. The molecule has 0 aromatic heterocycles. The van der Waals surface area contributed by atoms with Gasteiger partial charge >= 0.3 is 11.9 Å². The minimum atomic E-state index is -1.09. The molecule has 10 nitrogen and oxygen atoms in total. The molecule has 0 amide bonds. The Hall–Kier alpha value is -1.56. The number of allylic oxidation sites excluding steroid dienone is 1.